The summed E-state index contributed by atoms with van der Waals surface area (Å²) < 4.78 is 17.1. The molecule has 1 N–H and O–H groups in total. The number of anilines is 1. The summed E-state index contributed by atoms with van der Waals surface area (Å²) in [5.41, 5.74) is 2.08. The van der Waals surface area contributed by atoms with Crippen LogP contribution in [-0.4, -0.2) is 21.3 Å². The molecule has 0 aliphatic carbocycles. The Morgan fingerprint density at radius 1 is 0.952 bits per heavy atom. The van der Waals surface area contributed by atoms with Crippen molar-refractivity contribution in [3.63, 3.8) is 0 Å². The zero-order chi connectivity index (χ0) is 15.2. The Hall–Kier alpha value is -1.88. The summed E-state index contributed by atoms with van der Waals surface area (Å²) in [7, 11) is 4.80. The Morgan fingerprint density at radius 3 is 2.10 bits per heavy atom. The van der Waals surface area contributed by atoms with Crippen molar-refractivity contribution in [3.05, 3.63) is 46.4 Å². The number of halogens is 1. The second kappa shape index (κ2) is 7.22. The van der Waals surface area contributed by atoms with Gasteiger partial charge < -0.3 is 19.5 Å². The van der Waals surface area contributed by atoms with Crippen LogP contribution in [0.3, 0.4) is 0 Å². The molecule has 0 spiro atoms. The van der Waals surface area contributed by atoms with Gasteiger partial charge in [0, 0.05) is 28.8 Å². The van der Waals surface area contributed by atoms with Gasteiger partial charge in [0.05, 0.1) is 21.3 Å². The third-order valence-electron chi connectivity index (χ3n) is 3.11. The molecule has 0 bridgehead atoms. The lowest BCUT2D eigenvalue weighted by molar-refractivity contribution is 0.324. The highest BCUT2D eigenvalue weighted by atomic mass is 79.9. The standard InChI is InChI=1S/C16H18BrNO3/c1-19-14-8-12(9-15(20-2)16(14)21-3)18-10-11-6-4-5-7-13(11)17/h4-9,18H,10H2,1-3H3. The normalized spacial score (nSPS) is 10.1. The maximum Gasteiger partial charge on any atom is 0.203 e. The highest BCUT2D eigenvalue weighted by molar-refractivity contribution is 9.10. The molecule has 2 rings (SSSR count). The largest absolute Gasteiger partial charge is 0.493 e. The van der Waals surface area contributed by atoms with Gasteiger partial charge in [0.15, 0.2) is 11.5 Å². The van der Waals surface area contributed by atoms with E-state index in [2.05, 4.69) is 27.3 Å². The van der Waals surface area contributed by atoms with Crippen LogP contribution >= 0.6 is 15.9 Å². The second-order valence-corrected chi connectivity index (χ2v) is 5.21. The number of methoxy groups -OCH3 is 3. The third-order valence-corrected chi connectivity index (χ3v) is 3.88. The smallest absolute Gasteiger partial charge is 0.203 e. The monoisotopic (exact) mass is 351 g/mol. The first-order valence-corrected chi connectivity index (χ1v) is 7.26. The number of ether oxygens (including phenoxy) is 3. The summed E-state index contributed by atoms with van der Waals surface area (Å²) in [4.78, 5) is 0. The molecule has 112 valence electrons. The zero-order valence-electron chi connectivity index (χ0n) is 12.3. The first-order valence-electron chi connectivity index (χ1n) is 6.47. The van der Waals surface area contributed by atoms with Gasteiger partial charge in [-0.15, -0.1) is 0 Å². The SMILES string of the molecule is COc1cc(NCc2ccccc2Br)cc(OC)c1OC. The van der Waals surface area contributed by atoms with Crippen LogP contribution < -0.4 is 19.5 Å². The predicted octanol–water partition coefficient (Wildman–Crippen LogP) is 4.09. The van der Waals surface area contributed by atoms with Gasteiger partial charge in [-0.2, -0.15) is 0 Å². The Balaban J connectivity index is 2.22. The topological polar surface area (TPSA) is 39.7 Å². The Labute approximate surface area is 133 Å². The third kappa shape index (κ3) is 3.61. The summed E-state index contributed by atoms with van der Waals surface area (Å²) in [6, 6.07) is 11.9. The lowest BCUT2D eigenvalue weighted by Crippen LogP contribution is -2.02. The minimum atomic E-state index is 0.589. The molecule has 0 unspecified atom stereocenters. The van der Waals surface area contributed by atoms with E-state index in [0.29, 0.717) is 23.8 Å². The zero-order valence-corrected chi connectivity index (χ0v) is 13.9. The highest BCUT2D eigenvalue weighted by Crippen LogP contribution is 2.40. The summed E-state index contributed by atoms with van der Waals surface area (Å²) in [6.45, 7) is 0.695. The number of benzene rings is 2. The van der Waals surface area contributed by atoms with Gasteiger partial charge in [0.25, 0.3) is 0 Å². The van der Waals surface area contributed by atoms with Gasteiger partial charge in [-0.05, 0) is 11.6 Å². The van der Waals surface area contributed by atoms with Crippen LogP contribution in [0.5, 0.6) is 17.2 Å². The van der Waals surface area contributed by atoms with Gasteiger partial charge in [-0.25, -0.2) is 0 Å². The fraction of sp³-hybridized carbons (Fsp3) is 0.250. The van der Waals surface area contributed by atoms with Crippen LogP contribution in [0.25, 0.3) is 0 Å². The first kappa shape index (κ1) is 15.5. The molecule has 4 nitrogen and oxygen atoms in total. The molecule has 0 saturated carbocycles. The van der Waals surface area contributed by atoms with Crippen molar-refractivity contribution in [3.8, 4) is 17.2 Å². The van der Waals surface area contributed by atoms with E-state index in [4.69, 9.17) is 14.2 Å². The summed E-state index contributed by atoms with van der Waals surface area (Å²) in [5, 5.41) is 3.36. The molecule has 0 saturated heterocycles. The molecule has 0 aromatic heterocycles. The van der Waals surface area contributed by atoms with Crippen molar-refractivity contribution < 1.29 is 14.2 Å². The van der Waals surface area contributed by atoms with Crippen molar-refractivity contribution in [2.45, 2.75) is 6.54 Å². The van der Waals surface area contributed by atoms with Gasteiger partial charge >= 0.3 is 0 Å². The fourth-order valence-corrected chi connectivity index (χ4v) is 2.45. The molecule has 0 aliphatic rings. The molecule has 0 fully saturated rings. The molecule has 0 atom stereocenters. The van der Waals surface area contributed by atoms with Gasteiger partial charge in [0.1, 0.15) is 0 Å². The average molecular weight is 352 g/mol. The van der Waals surface area contributed by atoms with Gasteiger partial charge in [0.2, 0.25) is 5.75 Å². The van der Waals surface area contributed by atoms with E-state index in [9.17, 15) is 0 Å². The fourth-order valence-electron chi connectivity index (χ4n) is 2.02. The minimum Gasteiger partial charge on any atom is -0.493 e. The average Bonchev–Trinajstić information content (AvgIpc) is 2.52. The van der Waals surface area contributed by atoms with Crippen LogP contribution in [0.15, 0.2) is 40.9 Å². The Kier molecular flexibility index (Phi) is 5.33. The summed E-state index contributed by atoms with van der Waals surface area (Å²) in [6.07, 6.45) is 0. The molecule has 2 aromatic rings. The molecule has 21 heavy (non-hydrogen) atoms. The molecular formula is C16H18BrNO3. The quantitative estimate of drug-likeness (QED) is 0.850. The molecule has 0 aliphatic heterocycles. The second-order valence-electron chi connectivity index (χ2n) is 4.36. The molecule has 0 amide bonds. The van der Waals surface area contributed by atoms with Crippen molar-refractivity contribution in [1.82, 2.24) is 0 Å². The number of hydrogen-bond acceptors (Lipinski definition) is 4. The Morgan fingerprint density at radius 2 is 1.57 bits per heavy atom. The maximum absolute atomic E-state index is 5.34. The number of hydrogen-bond donors (Lipinski definition) is 1. The van der Waals surface area contributed by atoms with Crippen molar-refractivity contribution in [1.29, 1.82) is 0 Å². The lowest BCUT2D eigenvalue weighted by Gasteiger charge is -2.15. The number of nitrogens with one attached hydrogen (secondary N) is 1. The van der Waals surface area contributed by atoms with Crippen LogP contribution in [0.4, 0.5) is 5.69 Å². The van der Waals surface area contributed by atoms with E-state index >= 15 is 0 Å². The molecule has 0 heterocycles. The van der Waals surface area contributed by atoms with Crippen LogP contribution in [0, 0.1) is 0 Å². The van der Waals surface area contributed by atoms with Gasteiger partial charge in [-0.3, -0.25) is 0 Å². The summed E-state index contributed by atoms with van der Waals surface area (Å²) in [5.74, 6) is 1.85. The van der Waals surface area contributed by atoms with Gasteiger partial charge in [-0.1, -0.05) is 34.1 Å². The van der Waals surface area contributed by atoms with E-state index in [1.54, 1.807) is 21.3 Å². The van der Waals surface area contributed by atoms with Crippen molar-refractivity contribution >= 4 is 21.6 Å². The summed E-state index contributed by atoms with van der Waals surface area (Å²) >= 11 is 3.54. The van der Waals surface area contributed by atoms with Crippen LogP contribution in [-0.2, 0) is 6.54 Å². The van der Waals surface area contributed by atoms with E-state index in [1.807, 2.05) is 30.3 Å². The number of rotatable bonds is 6. The van der Waals surface area contributed by atoms with E-state index < -0.39 is 0 Å². The predicted molar refractivity (Wildman–Crippen MR) is 87.6 cm³/mol. The highest BCUT2D eigenvalue weighted by Gasteiger charge is 2.13. The van der Waals surface area contributed by atoms with Crippen LogP contribution in [0.2, 0.25) is 0 Å². The van der Waals surface area contributed by atoms with Crippen LogP contribution in [0.1, 0.15) is 5.56 Å². The molecular weight excluding hydrogens is 334 g/mol. The first-order chi connectivity index (χ1) is 10.2. The lowest BCUT2D eigenvalue weighted by atomic mass is 10.2. The maximum atomic E-state index is 5.34. The van der Waals surface area contributed by atoms with Crippen molar-refractivity contribution in [2.75, 3.05) is 26.6 Å². The van der Waals surface area contributed by atoms with E-state index in [1.165, 1.54) is 5.56 Å². The van der Waals surface area contributed by atoms with Crippen molar-refractivity contribution in [2.24, 2.45) is 0 Å². The minimum absolute atomic E-state index is 0.589. The molecule has 0 radical (unpaired) electrons. The molecule has 2 aromatic carbocycles. The van der Waals surface area contributed by atoms with E-state index in [-0.39, 0.29) is 0 Å². The van der Waals surface area contributed by atoms with E-state index in [0.717, 1.165) is 10.2 Å². The molecule has 5 heteroatoms. The Bertz CT molecular complexity index is 591.